The summed E-state index contributed by atoms with van der Waals surface area (Å²) in [7, 11) is 0. The van der Waals surface area contributed by atoms with Gasteiger partial charge in [-0.2, -0.15) is 4.68 Å². The standard InChI is InChI=1S/C17H16BrN5OS/c1-11-8-13(18)6-7-16(11)25-10-17(24)19-14-4-3-5-15(9-14)23-12(2)20-21-22-23/h3-9H,10H2,1-2H3,(H,19,24). The van der Waals surface area contributed by atoms with Crippen LogP contribution in [0.5, 0.6) is 0 Å². The second-order valence-corrected chi connectivity index (χ2v) is 7.37. The van der Waals surface area contributed by atoms with Crippen molar-refractivity contribution in [3.05, 3.63) is 58.3 Å². The normalized spacial score (nSPS) is 10.7. The van der Waals surface area contributed by atoms with Gasteiger partial charge in [0.15, 0.2) is 5.82 Å². The van der Waals surface area contributed by atoms with E-state index in [1.54, 1.807) is 4.68 Å². The molecule has 25 heavy (non-hydrogen) atoms. The Bertz CT molecular complexity index is 912. The molecule has 3 rings (SSSR count). The number of amides is 1. The fourth-order valence-corrected chi connectivity index (χ4v) is 3.59. The van der Waals surface area contributed by atoms with Gasteiger partial charge in [-0.25, -0.2) is 0 Å². The van der Waals surface area contributed by atoms with Crippen LogP contribution in [0.15, 0.2) is 51.8 Å². The molecular formula is C17H16BrN5OS. The lowest BCUT2D eigenvalue weighted by molar-refractivity contribution is -0.113. The van der Waals surface area contributed by atoms with Crippen molar-refractivity contribution in [3.63, 3.8) is 0 Å². The Morgan fingerprint density at radius 1 is 1.24 bits per heavy atom. The first-order valence-electron chi connectivity index (χ1n) is 7.57. The molecule has 0 bridgehead atoms. The molecule has 0 aliphatic carbocycles. The van der Waals surface area contributed by atoms with Crippen molar-refractivity contribution in [2.24, 2.45) is 0 Å². The summed E-state index contributed by atoms with van der Waals surface area (Å²) in [5.41, 5.74) is 2.66. The predicted molar refractivity (Wildman–Crippen MR) is 102 cm³/mol. The predicted octanol–water partition coefficient (Wildman–Crippen LogP) is 3.77. The number of aromatic nitrogens is 4. The molecule has 3 aromatic rings. The van der Waals surface area contributed by atoms with E-state index in [-0.39, 0.29) is 5.91 Å². The third-order valence-electron chi connectivity index (χ3n) is 3.50. The lowest BCUT2D eigenvalue weighted by atomic mass is 10.2. The number of aryl methyl sites for hydroxylation is 2. The van der Waals surface area contributed by atoms with Gasteiger partial charge < -0.3 is 5.32 Å². The molecule has 8 heteroatoms. The van der Waals surface area contributed by atoms with Crippen molar-refractivity contribution >= 4 is 39.3 Å². The van der Waals surface area contributed by atoms with Gasteiger partial charge in [-0.3, -0.25) is 4.79 Å². The Morgan fingerprint density at radius 2 is 2.08 bits per heavy atom. The number of carbonyl (C=O) groups excluding carboxylic acids is 1. The zero-order valence-electron chi connectivity index (χ0n) is 13.7. The van der Waals surface area contributed by atoms with Gasteiger partial charge in [0.25, 0.3) is 0 Å². The van der Waals surface area contributed by atoms with Crippen molar-refractivity contribution < 1.29 is 4.79 Å². The number of benzene rings is 2. The van der Waals surface area contributed by atoms with Gasteiger partial charge in [0.2, 0.25) is 5.91 Å². The third-order valence-corrected chi connectivity index (χ3v) is 5.16. The molecule has 1 aromatic heterocycles. The first-order valence-corrected chi connectivity index (χ1v) is 9.35. The van der Waals surface area contributed by atoms with E-state index < -0.39 is 0 Å². The highest BCUT2D eigenvalue weighted by Gasteiger charge is 2.08. The van der Waals surface area contributed by atoms with Gasteiger partial charge in [-0.15, -0.1) is 16.9 Å². The summed E-state index contributed by atoms with van der Waals surface area (Å²) in [5.74, 6) is 0.971. The Morgan fingerprint density at radius 3 is 2.80 bits per heavy atom. The number of nitrogens with zero attached hydrogens (tertiary/aromatic N) is 4. The summed E-state index contributed by atoms with van der Waals surface area (Å²) in [6.07, 6.45) is 0. The van der Waals surface area contributed by atoms with Crippen LogP contribution in [0.2, 0.25) is 0 Å². The maximum atomic E-state index is 12.2. The zero-order chi connectivity index (χ0) is 17.8. The Labute approximate surface area is 158 Å². The summed E-state index contributed by atoms with van der Waals surface area (Å²) >= 11 is 4.96. The van der Waals surface area contributed by atoms with E-state index in [0.29, 0.717) is 17.3 Å². The smallest absolute Gasteiger partial charge is 0.234 e. The highest BCUT2D eigenvalue weighted by molar-refractivity contribution is 9.10. The minimum absolute atomic E-state index is 0.0575. The van der Waals surface area contributed by atoms with Gasteiger partial charge in [-0.05, 0) is 66.2 Å². The molecule has 1 heterocycles. The fourth-order valence-electron chi connectivity index (χ4n) is 2.30. The van der Waals surface area contributed by atoms with Gasteiger partial charge >= 0.3 is 0 Å². The van der Waals surface area contributed by atoms with Crippen molar-refractivity contribution in [2.45, 2.75) is 18.7 Å². The molecule has 0 unspecified atom stereocenters. The topological polar surface area (TPSA) is 72.7 Å². The number of hydrogen-bond acceptors (Lipinski definition) is 5. The van der Waals surface area contributed by atoms with E-state index in [4.69, 9.17) is 0 Å². The third kappa shape index (κ3) is 4.46. The Balaban J connectivity index is 1.64. The van der Waals surface area contributed by atoms with Crippen LogP contribution in [-0.4, -0.2) is 31.9 Å². The minimum Gasteiger partial charge on any atom is -0.325 e. The van der Waals surface area contributed by atoms with E-state index in [0.717, 1.165) is 20.6 Å². The Kier molecular flexibility index (Phi) is 5.50. The first-order chi connectivity index (χ1) is 12.0. The molecule has 1 amide bonds. The van der Waals surface area contributed by atoms with Crippen molar-refractivity contribution in [1.29, 1.82) is 0 Å². The van der Waals surface area contributed by atoms with Crippen LogP contribution >= 0.6 is 27.7 Å². The molecule has 0 fully saturated rings. The summed E-state index contributed by atoms with van der Waals surface area (Å²) in [4.78, 5) is 13.3. The minimum atomic E-state index is -0.0575. The molecule has 128 valence electrons. The molecule has 0 spiro atoms. The zero-order valence-corrected chi connectivity index (χ0v) is 16.1. The van der Waals surface area contributed by atoms with Crippen LogP contribution in [0.3, 0.4) is 0 Å². The second kappa shape index (κ2) is 7.79. The van der Waals surface area contributed by atoms with E-state index >= 15 is 0 Å². The largest absolute Gasteiger partial charge is 0.325 e. The molecular weight excluding hydrogens is 402 g/mol. The lowest BCUT2D eigenvalue weighted by Gasteiger charge is -2.09. The SMILES string of the molecule is Cc1cc(Br)ccc1SCC(=O)Nc1cccc(-n2nnnc2C)c1. The van der Waals surface area contributed by atoms with E-state index in [1.165, 1.54) is 11.8 Å². The highest BCUT2D eigenvalue weighted by Crippen LogP contribution is 2.25. The Hall–Kier alpha value is -2.19. The van der Waals surface area contributed by atoms with Crippen LogP contribution in [0.4, 0.5) is 5.69 Å². The number of tetrazole rings is 1. The number of hydrogen-bond donors (Lipinski definition) is 1. The number of nitrogens with one attached hydrogen (secondary N) is 1. The molecule has 0 aliphatic heterocycles. The molecule has 0 saturated heterocycles. The number of halogens is 1. The van der Waals surface area contributed by atoms with Gasteiger partial charge in [0.1, 0.15) is 0 Å². The molecule has 6 nitrogen and oxygen atoms in total. The van der Waals surface area contributed by atoms with Crippen LogP contribution < -0.4 is 5.32 Å². The van der Waals surface area contributed by atoms with Gasteiger partial charge in [0.05, 0.1) is 11.4 Å². The number of carbonyl (C=O) groups is 1. The van der Waals surface area contributed by atoms with Gasteiger partial charge in [0, 0.05) is 15.1 Å². The van der Waals surface area contributed by atoms with Crippen LogP contribution in [-0.2, 0) is 4.79 Å². The van der Waals surface area contributed by atoms with E-state index in [2.05, 4.69) is 36.8 Å². The van der Waals surface area contributed by atoms with Crippen LogP contribution in [0.1, 0.15) is 11.4 Å². The van der Waals surface area contributed by atoms with Gasteiger partial charge in [-0.1, -0.05) is 22.0 Å². The molecule has 0 saturated carbocycles. The van der Waals surface area contributed by atoms with Crippen molar-refractivity contribution in [3.8, 4) is 5.69 Å². The molecule has 2 aromatic carbocycles. The summed E-state index contributed by atoms with van der Waals surface area (Å²) in [6.45, 7) is 3.85. The van der Waals surface area contributed by atoms with Crippen LogP contribution in [0, 0.1) is 13.8 Å². The highest BCUT2D eigenvalue weighted by atomic mass is 79.9. The molecule has 0 atom stereocenters. The maximum Gasteiger partial charge on any atom is 0.234 e. The van der Waals surface area contributed by atoms with Crippen molar-refractivity contribution in [2.75, 3.05) is 11.1 Å². The summed E-state index contributed by atoms with van der Waals surface area (Å²) < 4.78 is 2.66. The number of thioether (sulfide) groups is 1. The quantitative estimate of drug-likeness (QED) is 0.639. The molecule has 0 radical (unpaired) electrons. The first kappa shape index (κ1) is 17.6. The van der Waals surface area contributed by atoms with E-state index in [1.807, 2.05) is 56.3 Å². The van der Waals surface area contributed by atoms with Crippen LogP contribution in [0.25, 0.3) is 5.69 Å². The average Bonchev–Trinajstić information content (AvgIpc) is 3.00. The molecule has 1 N–H and O–H groups in total. The second-order valence-electron chi connectivity index (χ2n) is 5.43. The number of rotatable bonds is 5. The average molecular weight is 418 g/mol. The van der Waals surface area contributed by atoms with E-state index in [9.17, 15) is 4.79 Å². The summed E-state index contributed by atoms with van der Waals surface area (Å²) in [6, 6.07) is 13.5. The lowest BCUT2D eigenvalue weighted by Crippen LogP contribution is -2.14. The molecule has 0 aliphatic rings. The fraction of sp³-hybridized carbons (Fsp3) is 0.176. The maximum absolute atomic E-state index is 12.2. The summed E-state index contributed by atoms with van der Waals surface area (Å²) in [5, 5.41) is 14.4. The van der Waals surface area contributed by atoms with Crippen molar-refractivity contribution in [1.82, 2.24) is 20.2 Å². The monoisotopic (exact) mass is 417 g/mol. The number of anilines is 1.